The van der Waals surface area contributed by atoms with Crippen LogP contribution in [0.2, 0.25) is 0 Å². The van der Waals surface area contributed by atoms with Crippen LogP contribution in [0.5, 0.6) is 11.8 Å². The number of aromatic nitrogens is 2. The van der Waals surface area contributed by atoms with Gasteiger partial charge in [-0.05, 0) is 25.1 Å². The number of hydrogen-bond donors (Lipinski definition) is 1. The van der Waals surface area contributed by atoms with Crippen LogP contribution in [0.4, 0.5) is 8.78 Å². The summed E-state index contributed by atoms with van der Waals surface area (Å²) in [5, 5.41) is 0. The van der Waals surface area contributed by atoms with Crippen molar-refractivity contribution < 1.29 is 13.5 Å². The molecule has 0 atom stereocenters. The molecule has 1 aromatic carbocycles. The van der Waals surface area contributed by atoms with E-state index < -0.39 is 11.6 Å². The molecule has 19 heavy (non-hydrogen) atoms. The monoisotopic (exact) mass is 281 g/mol. The summed E-state index contributed by atoms with van der Waals surface area (Å²) in [6.45, 7) is 1.68. The molecule has 0 unspecified atom stereocenters. The molecule has 0 spiro atoms. The standard InChI is InChI=1S/C12H9F2N3OS/c1-6-4-9(11(15)19)17-12(16-6)18-10-5-7(13)2-3-8(10)14/h2-5H,1H3,(H2,15,19). The van der Waals surface area contributed by atoms with Gasteiger partial charge in [-0.25, -0.2) is 13.8 Å². The molecule has 0 aliphatic carbocycles. The molecule has 2 N–H and O–H groups in total. The zero-order valence-corrected chi connectivity index (χ0v) is 10.7. The van der Waals surface area contributed by atoms with Gasteiger partial charge in [-0.3, -0.25) is 0 Å². The molecule has 98 valence electrons. The van der Waals surface area contributed by atoms with Gasteiger partial charge in [0.05, 0.1) is 0 Å². The summed E-state index contributed by atoms with van der Waals surface area (Å²) in [4.78, 5) is 7.92. The minimum absolute atomic E-state index is 0.0649. The molecule has 0 radical (unpaired) electrons. The Balaban J connectivity index is 2.38. The quantitative estimate of drug-likeness (QED) is 0.876. The zero-order valence-electron chi connectivity index (χ0n) is 9.85. The van der Waals surface area contributed by atoms with Gasteiger partial charge in [0, 0.05) is 11.8 Å². The summed E-state index contributed by atoms with van der Waals surface area (Å²) in [5.74, 6) is -1.65. The van der Waals surface area contributed by atoms with Crippen LogP contribution in [0.25, 0.3) is 0 Å². The van der Waals surface area contributed by atoms with Gasteiger partial charge < -0.3 is 10.5 Å². The highest BCUT2D eigenvalue weighted by atomic mass is 32.1. The Kier molecular flexibility index (Phi) is 3.66. The van der Waals surface area contributed by atoms with Crippen LogP contribution in [0.3, 0.4) is 0 Å². The lowest BCUT2D eigenvalue weighted by Gasteiger charge is -2.07. The van der Waals surface area contributed by atoms with Crippen LogP contribution in [0.15, 0.2) is 24.3 Å². The van der Waals surface area contributed by atoms with Crippen molar-refractivity contribution >= 4 is 17.2 Å². The second kappa shape index (κ2) is 5.23. The summed E-state index contributed by atoms with van der Waals surface area (Å²) in [6, 6.07) is 4.26. The van der Waals surface area contributed by atoms with E-state index in [4.69, 9.17) is 22.7 Å². The zero-order chi connectivity index (χ0) is 14.0. The minimum Gasteiger partial charge on any atom is -0.421 e. The number of thiocarbonyl (C=S) groups is 1. The SMILES string of the molecule is Cc1cc(C(N)=S)nc(Oc2cc(F)ccc2F)n1. The lowest BCUT2D eigenvalue weighted by atomic mass is 10.3. The highest BCUT2D eigenvalue weighted by molar-refractivity contribution is 7.80. The molecule has 2 aromatic rings. The molecule has 1 heterocycles. The molecule has 0 fully saturated rings. The van der Waals surface area contributed by atoms with E-state index in [0.717, 1.165) is 18.2 Å². The van der Waals surface area contributed by atoms with Crippen molar-refractivity contribution in [3.8, 4) is 11.8 Å². The van der Waals surface area contributed by atoms with Gasteiger partial charge in [0.25, 0.3) is 0 Å². The average Bonchev–Trinajstić information content (AvgIpc) is 2.33. The molecule has 0 saturated heterocycles. The third-order valence-electron chi connectivity index (χ3n) is 2.18. The fourth-order valence-electron chi connectivity index (χ4n) is 1.37. The van der Waals surface area contributed by atoms with Crippen molar-refractivity contribution in [3.05, 3.63) is 47.3 Å². The normalized spacial score (nSPS) is 10.3. The Labute approximate surface area is 113 Å². The second-order valence-electron chi connectivity index (χ2n) is 3.72. The highest BCUT2D eigenvalue weighted by Crippen LogP contribution is 2.23. The second-order valence-corrected chi connectivity index (χ2v) is 4.16. The van der Waals surface area contributed by atoms with Crippen LogP contribution >= 0.6 is 12.2 Å². The predicted molar refractivity (Wildman–Crippen MR) is 69.1 cm³/mol. The molecule has 0 aliphatic heterocycles. The molecular formula is C12H9F2N3OS. The van der Waals surface area contributed by atoms with E-state index in [0.29, 0.717) is 11.4 Å². The Bertz CT molecular complexity index is 649. The van der Waals surface area contributed by atoms with Gasteiger partial charge >= 0.3 is 6.01 Å². The number of ether oxygens (including phenoxy) is 1. The Morgan fingerprint density at radius 1 is 1.26 bits per heavy atom. The Morgan fingerprint density at radius 2 is 2.00 bits per heavy atom. The topological polar surface area (TPSA) is 61.0 Å². The molecule has 2 rings (SSSR count). The first kappa shape index (κ1) is 13.3. The summed E-state index contributed by atoms with van der Waals surface area (Å²) in [5.41, 5.74) is 6.30. The maximum Gasteiger partial charge on any atom is 0.322 e. The lowest BCUT2D eigenvalue weighted by Crippen LogP contribution is -2.13. The molecule has 0 saturated carbocycles. The van der Waals surface area contributed by atoms with E-state index in [1.807, 2.05) is 0 Å². The van der Waals surface area contributed by atoms with Gasteiger partial charge in [0.1, 0.15) is 16.5 Å². The summed E-state index contributed by atoms with van der Waals surface area (Å²) in [6.07, 6.45) is 0. The summed E-state index contributed by atoms with van der Waals surface area (Å²) >= 11 is 4.79. The molecule has 0 bridgehead atoms. The first-order valence-corrected chi connectivity index (χ1v) is 5.65. The maximum absolute atomic E-state index is 13.4. The van der Waals surface area contributed by atoms with Crippen LogP contribution < -0.4 is 10.5 Å². The van der Waals surface area contributed by atoms with E-state index in [1.165, 1.54) is 0 Å². The number of benzene rings is 1. The smallest absolute Gasteiger partial charge is 0.322 e. The molecule has 0 aliphatic rings. The summed E-state index contributed by atoms with van der Waals surface area (Å²) < 4.78 is 31.5. The predicted octanol–water partition coefficient (Wildman–Crippen LogP) is 2.49. The first-order chi connectivity index (χ1) is 8.95. The van der Waals surface area contributed by atoms with Crippen molar-refractivity contribution in [1.29, 1.82) is 0 Å². The molecule has 0 amide bonds. The fraction of sp³-hybridized carbons (Fsp3) is 0.0833. The Morgan fingerprint density at radius 3 is 2.68 bits per heavy atom. The van der Waals surface area contributed by atoms with Gasteiger partial charge in [-0.15, -0.1) is 0 Å². The van der Waals surface area contributed by atoms with E-state index in [-0.39, 0.29) is 16.7 Å². The minimum atomic E-state index is -0.719. The average molecular weight is 281 g/mol. The fourth-order valence-corrected chi connectivity index (χ4v) is 1.47. The van der Waals surface area contributed by atoms with E-state index in [1.54, 1.807) is 13.0 Å². The number of nitrogens with two attached hydrogens (primary N) is 1. The number of nitrogens with zero attached hydrogens (tertiary/aromatic N) is 2. The van der Waals surface area contributed by atoms with Crippen molar-refractivity contribution in [1.82, 2.24) is 9.97 Å². The summed E-state index contributed by atoms with van der Waals surface area (Å²) in [7, 11) is 0. The van der Waals surface area contributed by atoms with Gasteiger partial charge in [-0.1, -0.05) is 12.2 Å². The van der Waals surface area contributed by atoms with Crippen molar-refractivity contribution in [3.63, 3.8) is 0 Å². The van der Waals surface area contributed by atoms with Crippen LogP contribution in [0, 0.1) is 18.6 Å². The van der Waals surface area contributed by atoms with Crippen LogP contribution in [-0.4, -0.2) is 15.0 Å². The maximum atomic E-state index is 13.4. The Hall–Kier alpha value is -2.15. The number of halogens is 2. The van der Waals surface area contributed by atoms with E-state index >= 15 is 0 Å². The number of hydrogen-bond acceptors (Lipinski definition) is 4. The molecule has 7 heteroatoms. The molecule has 4 nitrogen and oxygen atoms in total. The largest absolute Gasteiger partial charge is 0.421 e. The van der Waals surface area contributed by atoms with Gasteiger partial charge in [-0.2, -0.15) is 4.98 Å². The highest BCUT2D eigenvalue weighted by Gasteiger charge is 2.10. The van der Waals surface area contributed by atoms with Crippen molar-refractivity contribution in [2.24, 2.45) is 5.73 Å². The molecular weight excluding hydrogens is 272 g/mol. The van der Waals surface area contributed by atoms with Gasteiger partial charge in [0.2, 0.25) is 0 Å². The van der Waals surface area contributed by atoms with Crippen LogP contribution in [-0.2, 0) is 0 Å². The molecule has 1 aromatic heterocycles. The lowest BCUT2D eigenvalue weighted by molar-refractivity contribution is 0.405. The van der Waals surface area contributed by atoms with Gasteiger partial charge in [0.15, 0.2) is 11.6 Å². The van der Waals surface area contributed by atoms with Crippen molar-refractivity contribution in [2.75, 3.05) is 0 Å². The van der Waals surface area contributed by atoms with Crippen LogP contribution in [0.1, 0.15) is 11.4 Å². The first-order valence-electron chi connectivity index (χ1n) is 5.24. The number of rotatable bonds is 3. The third kappa shape index (κ3) is 3.19. The number of aryl methyl sites for hydroxylation is 1. The van der Waals surface area contributed by atoms with E-state index in [2.05, 4.69) is 9.97 Å². The van der Waals surface area contributed by atoms with E-state index in [9.17, 15) is 8.78 Å². The third-order valence-corrected chi connectivity index (χ3v) is 2.39. The van der Waals surface area contributed by atoms with Crippen molar-refractivity contribution in [2.45, 2.75) is 6.92 Å².